The van der Waals surface area contributed by atoms with E-state index in [0.717, 1.165) is 0 Å². The van der Waals surface area contributed by atoms with Crippen molar-refractivity contribution in [3.8, 4) is 0 Å². The first-order valence-corrected chi connectivity index (χ1v) is 5.28. The highest BCUT2D eigenvalue weighted by Gasteiger charge is 2.33. The summed E-state index contributed by atoms with van der Waals surface area (Å²) >= 11 is 0. The maximum absolute atomic E-state index is 8.74. The quantitative estimate of drug-likeness (QED) is 0.722. The van der Waals surface area contributed by atoms with Crippen LogP contribution in [0, 0.1) is 5.92 Å². The van der Waals surface area contributed by atoms with Crippen LogP contribution >= 0.6 is 0 Å². The number of aliphatic hydroxyl groups is 1. The minimum atomic E-state index is 0.0269. The zero-order chi connectivity index (χ0) is 9.10. The third kappa shape index (κ3) is 2.22. The highest BCUT2D eigenvalue weighted by atomic mass is 16.7. The minimum absolute atomic E-state index is 0.0269. The van der Waals surface area contributed by atoms with Crippen molar-refractivity contribution in [3.05, 3.63) is 0 Å². The molecule has 1 aliphatic heterocycles. The Kier molecular flexibility index (Phi) is 3.19. The third-order valence-corrected chi connectivity index (χ3v) is 3.01. The average molecular weight is 186 g/mol. The molecule has 76 valence electrons. The number of hydrogen-bond donors (Lipinski definition) is 1. The Morgan fingerprint density at radius 2 is 2.00 bits per heavy atom. The van der Waals surface area contributed by atoms with E-state index in [4.69, 9.17) is 14.6 Å². The van der Waals surface area contributed by atoms with Gasteiger partial charge in [-0.3, -0.25) is 0 Å². The molecule has 2 rings (SSSR count). The third-order valence-electron chi connectivity index (χ3n) is 3.01. The summed E-state index contributed by atoms with van der Waals surface area (Å²) in [6, 6.07) is 0. The van der Waals surface area contributed by atoms with Crippen molar-refractivity contribution < 1.29 is 14.6 Å². The Morgan fingerprint density at radius 1 is 1.23 bits per heavy atom. The predicted octanol–water partition coefficient (Wildman–Crippen LogP) is 1.30. The second kappa shape index (κ2) is 4.40. The van der Waals surface area contributed by atoms with Gasteiger partial charge in [0.05, 0.1) is 12.7 Å². The van der Waals surface area contributed by atoms with Crippen LogP contribution in [0.25, 0.3) is 0 Å². The van der Waals surface area contributed by atoms with Crippen LogP contribution in [0.15, 0.2) is 0 Å². The van der Waals surface area contributed by atoms with Crippen molar-refractivity contribution in [2.45, 2.75) is 44.5 Å². The zero-order valence-corrected chi connectivity index (χ0v) is 7.95. The van der Waals surface area contributed by atoms with E-state index < -0.39 is 0 Å². The van der Waals surface area contributed by atoms with Gasteiger partial charge < -0.3 is 14.6 Å². The van der Waals surface area contributed by atoms with E-state index in [0.29, 0.717) is 18.9 Å². The van der Waals surface area contributed by atoms with Crippen LogP contribution in [0.3, 0.4) is 0 Å². The van der Waals surface area contributed by atoms with Crippen LogP contribution in [0.2, 0.25) is 0 Å². The molecule has 1 aliphatic carbocycles. The van der Waals surface area contributed by atoms with E-state index in [9.17, 15) is 0 Å². The van der Waals surface area contributed by atoms with E-state index >= 15 is 0 Å². The van der Waals surface area contributed by atoms with Gasteiger partial charge in [-0.1, -0.05) is 12.8 Å². The van der Waals surface area contributed by atoms with Crippen molar-refractivity contribution >= 4 is 0 Å². The molecule has 3 nitrogen and oxygen atoms in total. The Hall–Kier alpha value is -0.120. The maximum atomic E-state index is 8.74. The molecule has 1 heterocycles. The predicted molar refractivity (Wildman–Crippen MR) is 48.3 cm³/mol. The first kappa shape index (κ1) is 9.44. The van der Waals surface area contributed by atoms with Gasteiger partial charge in [-0.15, -0.1) is 0 Å². The van der Waals surface area contributed by atoms with Gasteiger partial charge in [-0.05, 0) is 19.3 Å². The number of rotatable bonds is 3. The molecule has 13 heavy (non-hydrogen) atoms. The Balaban J connectivity index is 1.76. The summed E-state index contributed by atoms with van der Waals surface area (Å²) in [5.41, 5.74) is 0. The second-order valence-corrected chi connectivity index (χ2v) is 4.02. The molecule has 0 spiro atoms. The minimum Gasteiger partial charge on any atom is -0.396 e. The normalized spacial score (nSPS) is 35.8. The molecule has 1 N–H and O–H groups in total. The van der Waals surface area contributed by atoms with E-state index in [-0.39, 0.29) is 19.0 Å². The first-order valence-electron chi connectivity index (χ1n) is 5.28. The van der Waals surface area contributed by atoms with Crippen molar-refractivity contribution in [3.63, 3.8) is 0 Å². The van der Waals surface area contributed by atoms with Crippen LogP contribution < -0.4 is 0 Å². The number of ether oxygens (including phenoxy) is 2. The molecular formula is C10H18O3. The molecule has 0 amide bonds. The summed E-state index contributed by atoms with van der Waals surface area (Å²) in [5, 5.41) is 8.74. The van der Waals surface area contributed by atoms with E-state index in [1.807, 2.05) is 0 Å². The molecule has 0 radical (unpaired) electrons. The molecule has 1 saturated carbocycles. The summed E-state index contributed by atoms with van der Waals surface area (Å²) in [6.45, 7) is 0.868. The summed E-state index contributed by atoms with van der Waals surface area (Å²) in [6.07, 6.45) is 6.00. The Bertz CT molecular complexity index is 154. The molecule has 2 aliphatic rings. The largest absolute Gasteiger partial charge is 0.396 e. The summed E-state index contributed by atoms with van der Waals surface area (Å²) < 4.78 is 11.3. The standard InChI is InChI=1S/C10H18O3/c11-6-5-9-7-12-10(13-9)8-3-1-2-4-8/h8-11H,1-7H2. The van der Waals surface area contributed by atoms with Gasteiger partial charge in [0.1, 0.15) is 0 Å². The highest BCUT2D eigenvalue weighted by Crippen LogP contribution is 2.33. The molecule has 2 fully saturated rings. The molecule has 0 bridgehead atoms. The van der Waals surface area contributed by atoms with Crippen LogP contribution in [0.1, 0.15) is 32.1 Å². The van der Waals surface area contributed by atoms with E-state index in [1.54, 1.807) is 0 Å². The van der Waals surface area contributed by atoms with E-state index in [2.05, 4.69) is 0 Å². The van der Waals surface area contributed by atoms with Gasteiger partial charge in [0, 0.05) is 12.5 Å². The molecule has 0 aromatic rings. The zero-order valence-electron chi connectivity index (χ0n) is 7.95. The lowest BCUT2D eigenvalue weighted by Gasteiger charge is -2.16. The molecular weight excluding hydrogens is 168 g/mol. The van der Waals surface area contributed by atoms with Crippen LogP contribution in [0.5, 0.6) is 0 Å². The number of aliphatic hydroxyl groups excluding tert-OH is 1. The molecule has 1 saturated heterocycles. The van der Waals surface area contributed by atoms with Gasteiger partial charge in [0.25, 0.3) is 0 Å². The highest BCUT2D eigenvalue weighted by molar-refractivity contribution is 4.75. The molecule has 0 aromatic heterocycles. The molecule has 2 unspecified atom stereocenters. The van der Waals surface area contributed by atoms with Gasteiger partial charge in [-0.2, -0.15) is 0 Å². The fourth-order valence-corrected chi connectivity index (χ4v) is 2.24. The average Bonchev–Trinajstić information content (AvgIpc) is 2.70. The molecule has 0 aromatic carbocycles. The smallest absolute Gasteiger partial charge is 0.160 e. The van der Waals surface area contributed by atoms with Crippen LogP contribution in [-0.4, -0.2) is 30.7 Å². The Labute approximate surface area is 79.0 Å². The van der Waals surface area contributed by atoms with Gasteiger partial charge in [0.2, 0.25) is 0 Å². The summed E-state index contributed by atoms with van der Waals surface area (Å²) in [4.78, 5) is 0. The maximum Gasteiger partial charge on any atom is 0.160 e. The fraction of sp³-hybridized carbons (Fsp3) is 1.00. The fourth-order valence-electron chi connectivity index (χ4n) is 2.24. The van der Waals surface area contributed by atoms with Gasteiger partial charge >= 0.3 is 0 Å². The summed E-state index contributed by atoms with van der Waals surface area (Å²) in [5.74, 6) is 0.615. The lowest BCUT2D eigenvalue weighted by atomic mass is 10.1. The molecule has 2 atom stereocenters. The van der Waals surface area contributed by atoms with Crippen molar-refractivity contribution in [1.82, 2.24) is 0 Å². The lowest BCUT2D eigenvalue weighted by molar-refractivity contribution is -0.0963. The first-order chi connectivity index (χ1) is 6.40. The lowest BCUT2D eigenvalue weighted by Crippen LogP contribution is -2.20. The second-order valence-electron chi connectivity index (χ2n) is 4.02. The van der Waals surface area contributed by atoms with Gasteiger partial charge in [-0.25, -0.2) is 0 Å². The van der Waals surface area contributed by atoms with Crippen molar-refractivity contribution in [2.75, 3.05) is 13.2 Å². The van der Waals surface area contributed by atoms with Crippen LogP contribution in [-0.2, 0) is 9.47 Å². The SMILES string of the molecule is OCCC1COC(C2CCCC2)O1. The van der Waals surface area contributed by atoms with E-state index in [1.165, 1.54) is 25.7 Å². The Morgan fingerprint density at radius 3 is 2.69 bits per heavy atom. The number of hydrogen-bond acceptors (Lipinski definition) is 3. The van der Waals surface area contributed by atoms with Crippen molar-refractivity contribution in [1.29, 1.82) is 0 Å². The van der Waals surface area contributed by atoms with Gasteiger partial charge in [0.15, 0.2) is 6.29 Å². The summed E-state index contributed by atoms with van der Waals surface area (Å²) in [7, 11) is 0. The van der Waals surface area contributed by atoms with Crippen molar-refractivity contribution in [2.24, 2.45) is 5.92 Å². The monoisotopic (exact) mass is 186 g/mol. The van der Waals surface area contributed by atoms with Crippen LogP contribution in [0.4, 0.5) is 0 Å². The molecule has 3 heteroatoms. The topological polar surface area (TPSA) is 38.7 Å².